The third-order valence-corrected chi connectivity index (χ3v) is 5.32. The van der Waals surface area contributed by atoms with Crippen molar-refractivity contribution in [1.82, 2.24) is 0 Å². The molecule has 0 unspecified atom stereocenters. The number of nitrogens with one attached hydrogen (secondary N) is 1. The number of hydrogen-bond donors (Lipinski definition) is 1. The maximum absolute atomic E-state index is 13.9. The number of hydrogen-bond acceptors (Lipinski definition) is 4. The van der Waals surface area contributed by atoms with Crippen LogP contribution in [0.2, 0.25) is 0 Å². The number of ether oxygens (including phenoxy) is 1. The normalized spacial score (nSPS) is 12.3. The van der Waals surface area contributed by atoms with Crippen molar-refractivity contribution >= 4 is 43.2 Å². The Labute approximate surface area is 160 Å². The van der Waals surface area contributed by atoms with Crippen LogP contribution in [0, 0.1) is 5.82 Å². The summed E-state index contributed by atoms with van der Waals surface area (Å²) in [6.45, 7) is 1.42. The molecule has 140 valence electrons. The summed E-state index contributed by atoms with van der Waals surface area (Å²) >= 11 is 3.13. The van der Waals surface area contributed by atoms with Gasteiger partial charge in [0.1, 0.15) is 17.6 Å². The molecule has 6 nitrogen and oxygen atoms in total. The van der Waals surface area contributed by atoms with Crippen LogP contribution in [0.4, 0.5) is 15.8 Å². The van der Waals surface area contributed by atoms with Crippen molar-refractivity contribution in [2.75, 3.05) is 23.0 Å². The molecule has 1 N–H and O–H groups in total. The van der Waals surface area contributed by atoms with Crippen LogP contribution >= 0.6 is 15.9 Å². The van der Waals surface area contributed by atoms with Gasteiger partial charge in [0.25, 0.3) is 0 Å². The fourth-order valence-electron chi connectivity index (χ4n) is 2.38. The average molecular weight is 445 g/mol. The number of carbonyl (C=O) groups is 1. The van der Waals surface area contributed by atoms with E-state index in [4.69, 9.17) is 4.74 Å². The first kappa shape index (κ1) is 20.2. The van der Waals surface area contributed by atoms with Gasteiger partial charge in [0.2, 0.25) is 15.9 Å². The largest absolute Gasteiger partial charge is 0.497 e. The topological polar surface area (TPSA) is 75.7 Å². The van der Waals surface area contributed by atoms with Gasteiger partial charge in [-0.2, -0.15) is 0 Å². The minimum atomic E-state index is -3.78. The minimum absolute atomic E-state index is 0.0378. The summed E-state index contributed by atoms with van der Waals surface area (Å²) < 4.78 is 45.1. The van der Waals surface area contributed by atoms with Crippen LogP contribution in [0.25, 0.3) is 0 Å². The lowest BCUT2D eigenvalue weighted by molar-refractivity contribution is -0.116. The fraction of sp³-hybridized carbons (Fsp3) is 0.235. The number of sulfonamides is 1. The molecule has 0 saturated heterocycles. The SMILES string of the molecule is COc1cccc(N([C@H](C)C(=O)Nc2ccc(Br)cc2F)S(C)(=O)=O)c1. The van der Waals surface area contributed by atoms with Crippen LogP contribution in [0.15, 0.2) is 46.9 Å². The van der Waals surface area contributed by atoms with Crippen LogP contribution in [0.1, 0.15) is 6.92 Å². The van der Waals surface area contributed by atoms with Crippen molar-refractivity contribution < 1.29 is 22.3 Å². The summed E-state index contributed by atoms with van der Waals surface area (Å²) in [5.41, 5.74) is 0.231. The molecule has 9 heteroatoms. The van der Waals surface area contributed by atoms with Crippen molar-refractivity contribution in [3.63, 3.8) is 0 Å². The van der Waals surface area contributed by atoms with Gasteiger partial charge >= 0.3 is 0 Å². The maximum Gasteiger partial charge on any atom is 0.248 e. The third kappa shape index (κ3) is 4.73. The summed E-state index contributed by atoms with van der Waals surface area (Å²) in [5, 5.41) is 2.42. The summed E-state index contributed by atoms with van der Waals surface area (Å²) in [6, 6.07) is 9.38. The molecular formula is C17H18BrFN2O4S. The second kappa shape index (κ2) is 8.05. The molecule has 0 fully saturated rings. The van der Waals surface area contributed by atoms with Crippen molar-refractivity contribution in [3.8, 4) is 5.75 Å². The smallest absolute Gasteiger partial charge is 0.248 e. The highest BCUT2D eigenvalue weighted by Crippen LogP contribution is 2.26. The standard InChI is InChI=1S/C17H18BrFN2O4S/c1-11(17(22)20-16-8-7-12(18)9-15(16)19)21(26(3,23)24)13-5-4-6-14(10-13)25-2/h4-11H,1-3H3,(H,20,22)/t11-/m1/s1. The van der Waals surface area contributed by atoms with E-state index < -0.39 is 27.8 Å². The highest BCUT2D eigenvalue weighted by atomic mass is 79.9. The number of carbonyl (C=O) groups excluding carboxylic acids is 1. The molecule has 26 heavy (non-hydrogen) atoms. The van der Waals surface area contributed by atoms with E-state index in [2.05, 4.69) is 21.2 Å². The molecule has 1 amide bonds. The van der Waals surface area contributed by atoms with E-state index >= 15 is 0 Å². The summed E-state index contributed by atoms with van der Waals surface area (Å²) in [6.07, 6.45) is 0.996. The Bertz CT molecular complexity index is 921. The molecule has 0 aliphatic rings. The molecule has 0 aromatic heterocycles. The van der Waals surface area contributed by atoms with Crippen LogP contribution in [-0.4, -0.2) is 33.7 Å². The molecule has 2 rings (SSSR count). The summed E-state index contributed by atoms with van der Waals surface area (Å²) in [5.74, 6) is -0.852. The number of rotatable bonds is 6. The Balaban J connectivity index is 2.34. The highest BCUT2D eigenvalue weighted by Gasteiger charge is 2.29. The Morgan fingerprint density at radius 2 is 1.96 bits per heavy atom. The van der Waals surface area contributed by atoms with Crippen LogP contribution in [-0.2, 0) is 14.8 Å². The molecule has 0 saturated carbocycles. The molecule has 2 aromatic carbocycles. The van der Waals surface area contributed by atoms with Crippen molar-refractivity contribution in [2.45, 2.75) is 13.0 Å². The average Bonchev–Trinajstić information content (AvgIpc) is 2.56. The number of benzene rings is 2. The van der Waals surface area contributed by atoms with E-state index in [0.717, 1.165) is 10.6 Å². The molecule has 0 aliphatic carbocycles. The first-order valence-corrected chi connectivity index (χ1v) is 10.2. The van der Waals surface area contributed by atoms with Gasteiger partial charge in [-0.05, 0) is 37.3 Å². The van der Waals surface area contributed by atoms with Gasteiger partial charge in [0, 0.05) is 10.5 Å². The number of nitrogens with zero attached hydrogens (tertiary/aromatic N) is 1. The maximum atomic E-state index is 13.9. The van der Waals surface area contributed by atoms with E-state index in [1.165, 1.54) is 32.2 Å². The van der Waals surface area contributed by atoms with Gasteiger partial charge in [-0.15, -0.1) is 0 Å². The van der Waals surface area contributed by atoms with Gasteiger partial charge in [-0.3, -0.25) is 9.10 Å². The van der Waals surface area contributed by atoms with Gasteiger partial charge in [-0.25, -0.2) is 12.8 Å². The first-order valence-electron chi connectivity index (χ1n) is 7.53. The molecule has 0 heterocycles. The minimum Gasteiger partial charge on any atom is -0.497 e. The zero-order valence-corrected chi connectivity index (χ0v) is 16.8. The lowest BCUT2D eigenvalue weighted by atomic mass is 10.2. The van der Waals surface area contributed by atoms with E-state index in [1.807, 2.05) is 0 Å². The van der Waals surface area contributed by atoms with Gasteiger partial charge in [0.15, 0.2) is 0 Å². The quantitative estimate of drug-likeness (QED) is 0.740. The zero-order chi connectivity index (χ0) is 19.5. The van der Waals surface area contributed by atoms with Gasteiger partial charge < -0.3 is 10.1 Å². The van der Waals surface area contributed by atoms with Crippen molar-refractivity contribution in [1.29, 1.82) is 0 Å². The predicted octanol–water partition coefficient (Wildman–Crippen LogP) is 3.39. The molecule has 0 spiro atoms. The highest BCUT2D eigenvalue weighted by molar-refractivity contribution is 9.10. The lowest BCUT2D eigenvalue weighted by Crippen LogP contribution is -2.45. The van der Waals surface area contributed by atoms with Crippen LogP contribution in [0.3, 0.4) is 0 Å². The molecule has 0 bridgehead atoms. The second-order valence-corrected chi connectivity index (χ2v) is 8.32. The second-order valence-electron chi connectivity index (χ2n) is 5.55. The zero-order valence-electron chi connectivity index (χ0n) is 14.4. The first-order chi connectivity index (χ1) is 12.1. The van der Waals surface area contributed by atoms with E-state index in [9.17, 15) is 17.6 Å². The van der Waals surface area contributed by atoms with Crippen LogP contribution < -0.4 is 14.4 Å². The fourth-order valence-corrected chi connectivity index (χ4v) is 3.88. The molecule has 2 aromatic rings. The number of amides is 1. The van der Waals surface area contributed by atoms with E-state index in [-0.39, 0.29) is 11.4 Å². The molecular weight excluding hydrogens is 427 g/mol. The van der Waals surface area contributed by atoms with E-state index in [0.29, 0.717) is 10.2 Å². The monoisotopic (exact) mass is 444 g/mol. The van der Waals surface area contributed by atoms with E-state index in [1.54, 1.807) is 24.3 Å². The van der Waals surface area contributed by atoms with Gasteiger partial charge in [-0.1, -0.05) is 22.0 Å². The Hall–Kier alpha value is -2.13. The number of halogens is 2. The third-order valence-electron chi connectivity index (χ3n) is 3.59. The number of anilines is 2. The molecule has 0 radical (unpaired) electrons. The Kier molecular flexibility index (Phi) is 6.25. The number of methoxy groups -OCH3 is 1. The summed E-state index contributed by atoms with van der Waals surface area (Å²) in [4.78, 5) is 12.5. The van der Waals surface area contributed by atoms with Crippen molar-refractivity contribution in [3.05, 3.63) is 52.8 Å². The predicted molar refractivity (Wildman–Crippen MR) is 103 cm³/mol. The van der Waals surface area contributed by atoms with Gasteiger partial charge in [0.05, 0.1) is 24.7 Å². The summed E-state index contributed by atoms with van der Waals surface area (Å²) in [7, 11) is -2.33. The Morgan fingerprint density at radius 1 is 1.27 bits per heavy atom. The Morgan fingerprint density at radius 3 is 2.54 bits per heavy atom. The lowest BCUT2D eigenvalue weighted by Gasteiger charge is -2.28. The molecule has 0 aliphatic heterocycles. The van der Waals surface area contributed by atoms with Crippen molar-refractivity contribution in [2.24, 2.45) is 0 Å². The van der Waals surface area contributed by atoms with Crippen LogP contribution in [0.5, 0.6) is 5.75 Å². The molecule has 1 atom stereocenters.